The van der Waals surface area contributed by atoms with Crippen LogP contribution in [0.15, 0.2) is 77.8 Å². The number of allylic oxidation sites excluding steroid dienone is 1. The van der Waals surface area contributed by atoms with Gasteiger partial charge >= 0.3 is 0 Å². The minimum absolute atomic E-state index is 0.130. The number of nitrogens with zero attached hydrogens (tertiary/aromatic N) is 2. The van der Waals surface area contributed by atoms with E-state index in [9.17, 15) is 4.79 Å². The van der Waals surface area contributed by atoms with Crippen molar-refractivity contribution in [1.29, 1.82) is 5.41 Å². The number of carbonyl (C=O) groups excluding carboxylic acids is 1. The zero-order valence-corrected chi connectivity index (χ0v) is 21.6. The summed E-state index contributed by atoms with van der Waals surface area (Å²) >= 11 is 0. The molecule has 7 nitrogen and oxygen atoms in total. The molecule has 7 heteroatoms. The molecule has 0 unspecified atom stereocenters. The van der Waals surface area contributed by atoms with Crippen LogP contribution in [0.25, 0.3) is 11.3 Å². The molecule has 188 valence electrons. The van der Waals surface area contributed by atoms with Gasteiger partial charge < -0.3 is 20.6 Å². The summed E-state index contributed by atoms with van der Waals surface area (Å²) in [6, 6.07) is 18.9. The van der Waals surface area contributed by atoms with Crippen LogP contribution >= 0.6 is 0 Å². The molecule has 3 N–H and O–H groups in total. The molecule has 0 radical (unpaired) electrons. The van der Waals surface area contributed by atoms with E-state index in [1.54, 1.807) is 19.1 Å². The van der Waals surface area contributed by atoms with Crippen LogP contribution in [0.4, 0.5) is 5.69 Å². The van der Waals surface area contributed by atoms with Crippen LogP contribution in [0.1, 0.15) is 52.7 Å². The molecule has 0 fully saturated rings. The number of anilines is 1. The number of aliphatic hydroxyl groups excluding tert-OH is 1. The van der Waals surface area contributed by atoms with E-state index in [0.29, 0.717) is 12.3 Å². The van der Waals surface area contributed by atoms with Crippen LogP contribution in [0, 0.1) is 5.41 Å². The highest BCUT2D eigenvalue weighted by Gasteiger charge is 2.06. The van der Waals surface area contributed by atoms with E-state index < -0.39 is 0 Å². The van der Waals surface area contributed by atoms with Crippen LogP contribution in [0.5, 0.6) is 0 Å². The molecule has 0 aliphatic rings. The molecule has 0 spiro atoms. The molecular formula is C28H38N4O3. The zero-order valence-electron chi connectivity index (χ0n) is 21.6. The number of nitrogens with one attached hydrogen (secondary N) is 2. The van der Waals surface area contributed by atoms with Crippen LogP contribution in [-0.4, -0.2) is 33.4 Å². The normalized spacial score (nSPS) is 9.09. The molecule has 1 heterocycles. The molecule has 2 aromatic carbocycles. The van der Waals surface area contributed by atoms with E-state index in [0.717, 1.165) is 40.9 Å². The lowest BCUT2D eigenvalue weighted by Crippen LogP contribution is -2.22. The Hall–Kier alpha value is -4.00. The molecule has 0 aliphatic heterocycles. The van der Waals surface area contributed by atoms with E-state index in [1.165, 1.54) is 18.5 Å². The van der Waals surface area contributed by atoms with Gasteiger partial charge in [-0.1, -0.05) is 56.8 Å². The number of aldehydes is 1. The van der Waals surface area contributed by atoms with Gasteiger partial charge in [0.1, 0.15) is 6.29 Å². The first-order chi connectivity index (χ1) is 16.7. The van der Waals surface area contributed by atoms with Crippen molar-refractivity contribution in [3.63, 3.8) is 0 Å². The zero-order chi connectivity index (χ0) is 26.8. The predicted octanol–water partition coefficient (Wildman–Crippen LogP) is 6.09. The first-order valence-electron chi connectivity index (χ1n) is 11.5. The fourth-order valence-corrected chi connectivity index (χ4v) is 2.76. The molecule has 0 bridgehead atoms. The Morgan fingerprint density at radius 1 is 1.11 bits per heavy atom. The van der Waals surface area contributed by atoms with Crippen LogP contribution in [0.2, 0.25) is 0 Å². The fourth-order valence-electron chi connectivity index (χ4n) is 2.76. The summed E-state index contributed by atoms with van der Waals surface area (Å²) in [5.41, 5.74) is 4.98. The standard InChI is InChI=1S/C21H22N4O.C3H6O.C2H4O.C2H6/c1-3-23-19-6-4-5-16(13-19)14-25-21(26)12-11-20(24-25)18-9-7-17(8-10-18)15(2)22;1-3(2)4;1-2-3;1-2/h4-13,22-23H,3,14H2,1-2H3;4H,1H2,2H3;2H,1H3;1-2H3. The van der Waals surface area contributed by atoms with Crippen molar-refractivity contribution in [2.45, 2.75) is 48.1 Å². The van der Waals surface area contributed by atoms with Gasteiger partial charge in [0.15, 0.2) is 0 Å². The highest BCUT2D eigenvalue weighted by atomic mass is 16.3. The summed E-state index contributed by atoms with van der Waals surface area (Å²) in [6.45, 7) is 15.2. The fraction of sp³-hybridized carbons (Fsp3) is 0.286. The molecule has 35 heavy (non-hydrogen) atoms. The van der Waals surface area contributed by atoms with Crippen molar-refractivity contribution in [3.8, 4) is 11.3 Å². The lowest BCUT2D eigenvalue weighted by atomic mass is 10.1. The Balaban J connectivity index is 0.00000112. The summed E-state index contributed by atoms with van der Waals surface area (Å²) in [5, 5.41) is 23.3. The Morgan fingerprint density at radius 3 is 2.20 bits per heavy atom. The number of benzene rings is 2. The molecule has 0 aliphatic carbocycles. The SMILES string of the molecule is C=C(C)O.CC.CC=O.CCNc1cccc(Cn2nc(-c3ccc(C(C)=N)cc3)ccc2=O)c1. The smallest absolute Gasteiger partial charge is 0.267 e. The van der Waals surface area contributed by atoms with Crippen molar-refractivity contribution in [2.75, 3.05) is 11.9 Å². The first kappa shape index (κ1) is 31.0. The molecule has 0 atom stereocenters. The topological polar surface area (TPSA) is 108 Å². The number of rotatable bonds is 6. The van der Waals surface area contributed by atoms with Crippen molar-refractivity contribution < 1.29 is 9.90 Å². The third-order valence-corrected chi connectivity index (χ3v) is 4.12. The van der Waals surface area contributed by atoms with Gasteiger partial charge in [-0.3, -0.25) is 4.79 Å². The minimum atomic E-state index is -0.130. The Morgan fingerprint density at radius 2 is 1.69 bits per heavy atom. The predicted molar refractivity (Wildman–Crippen MR) is 147 cm³/mol. The summed E-state index contributed by atoms with van der Waals surface area (Å²) < 4.78 is 1.48. The van der Waals surface area contributed by atoms with Gasteiger partial charge in [-0.15, -0.1) is 0 Å². The van der Waals surface area contributed by atoms with E-state index in [4.69, 9.17) is 15.3 Å². The van der Waals surface area contributed by atoms with Crippen LogP contribution in [0.3, 0.4) is 0 Å². The van der Waals surface area contributed by atoms with Gasteiger partial charge in [0, 0.05) is 29.6 Å². The summed E-state index contributed by atoms with van der Waals surface area (Å²) in [7, 11) is 0. The molecular weight excluding hydrogens is 440 g/mol. The largest absolute Gasteiger partial charge is 0.513 e. The molecule has 3 rings (SSSR count). The maximum atomic E-state index is 12.2. The molecule has 0 amide bonds. The Labute approximate surface area is 208 Å². The molecule has 1 aromatic heterocycles. The second-order valence-electron chi connectivity index (χ2n) is 7.12. The Kier molecular flexibility index (Phi) is 15.5. The monoisotopic (exact) mass is 478 g/mol. The highest BCUT2D eigenvalue weighted by molar-refractivity contribution is 5.96. The molecule has 0 saturated carbocycles. The van der Waals surface area contributed by atoms with Gasteiger partial charge in [-0.25, -0.2) is 4.68 Å². The average Bonchev–Trinajstić information content (AvgIpc) is 2.82. The quantitative estimate of drug-likeness (QED) is 0.226. The van der Waals surface area contributed by atoms with Crippen LogP contribution < -0.4 is 10.9 Å². The van der Waals surface area contributed by atoms with E-state index >= 15 is 0 Å². The van der Waals surface area contributed by atoms with Crippen molar-refractivity contribution in [2.24, 2.45) is 0 Å². The third kappa shape index (κ3) is 12.1. The minimum Gasteiger partial charge on any atom is -0.513 e. The summed E-state index contributed by atoms with van der Waals surface area (Å²) in [6.07, 6.45) is 0.750. The summed E-state index contributed by atoms with van der Waals surface area (Å²) in [5.74, 6) is 0.167. The Bertz CT molecular complexity index is 1120. The first-order valence-corrected chi connectivity index (χ1v) is 11.5. The van der Waals surface area contributed by atoms with Crippen molar-refractivity contribution in [3.05, 3.63) is 94.5 Å². The second-order valence-corrected chi connectivity index (χ2v) is 7.12. The van der Waals surface area contributed by atoms with Crippen LogP contribution in [-0.2, 0) is 11.3 Å². The van der Waals surface area contributed by atoms with Crippen molar-refractivity contribution in [1.82, 2.24) is 9.78 Å². The summed E-state index contributed by atoms with van der Waals surface area (Å²) in [4.78, 5) is 21.0. The van der Waals surface area contributed by atoms with E-state index in [-0.39, 0.29) is 11.3 Å². The average molecular weight is 479 g/mol. The number of carbonyl (C=O) groups is 1. The maximum Gasteiger partial charge on any atom is 0.267 e. The third-order valence-electron chi connectivity index (χ3n) is 4.12. The van der Waals surface area contributed by atoms with Gasteiger partial charge in [-0.05, 0) is 57.0 Å². The number of hydrogen-bond acceptors (Lipinski definition) is 6. The van der Waals surface area contributed by atoms with Crippen molar-refractivity contribution >= 4 is 17.7 Å². The molecule has 3 aromatic rings. The van der Waals surface area contributed by atoms with E-state index in [2.05, 4.69) is 17.0 Å². The van der Waals surface area contributed by atoms with Gasteiger partial charge in [0.05, 0.1) is 18.0 Å². The highest BCUT2D eigenvalue weighted by Crippen LogP contribution is 2.17. The van der Waals surface area contributed by atoms with E-state index in [1.807, 2.05) is 69.3 Å². The lowest BCUT2D eigenvalue weighted by Gasteiger charge is -2.10. The maximum absolute atomic E-state index is 12.2. The van der Waals surface area contributed by atoms with Gasteiger partial charge in [0.25, 0.3) is 5.56 Å². The lowest BCUT2D eigenvalue weighted by molar-refractivity contribution is -0.106. The number of hydrogen-bond donors (Lipinski definition) is 3. The van der Waals surface area contributed by atoms with Gasteiger partial charge in [-0.2, -0.15) is 5.10 Å². The van der Waals surface area contributed by atoms with Gasteiger partial charge in [0.2, 0.25) is 0 Å². The number of aromatic nitrogens is 2. The molecule has 0 saturated heterocycles. The second kappa shape index (κ2) is 17.5. The number of aliphatic hydroxyl groups is 1.